The van der Waals surface area contributed by atoms with Gasteiger partial charge in [0.15, 0.2) is 0 Å². The minimum absolute atomic E-state index is 0.385. The highest BCUT2D eigenvalue weighted by atomic mass is 79.9. The summed E-state index contributed by atoms with van der Waals surface area (Å²) in [6.45, 7) is 1.14. The lowest BCUT2D eigenvalue weighted by molar-refractivity contribution is 0.0445. The molecule has 5 heteroatoms. The fraction of sp³-hybridized carbons (Fsp3) is 0.588. The number of anilines is 1. The maximum atomic E-state index is 5.87. The minimum atomic E-state index is 0.385. The molecular weight excluding hydrogens is 342 g/mol. The van der Waals surface area contributed by atoms with Gasteiger partial charge in [-0.05, 0) is 48.8 Å². The van der Waals surface area contributed by atoms with Crippen molar-refractivity contribution >= 4 is 32.9 Å². The van der Waals surface area contributed by atoms with Crippen molar-refractivity contribution < 1.29 is 4.74 Å². The quantitative estimate of drug-likeness (QED) is 0.822. The van der Waals surface area contributed by atoms with Crippen LogP contribution in [-0.2, 0) is 11.8 Å². The largest absolute Gasteiger partial charge is 0.379 e. The van der Waals surface area contributed by atoms with Crippen molar-refractivity contribution in [2.24, 2.45) is 24.8 Å². The van der Waals surface area contributed by atoms with Crippen molar-refractivity contribution in [2.75, 3.05) is 18.6 Å². The molecule has 0 N–H and O–H groups in total. The second kappa shape index (κ2) is 4.48. The van der Waals surface area contributed by atoms with Gasteiger partial charge < -0.3 is 14.2 Å². The van der Waals surface area contributed by atoms with Crippen molar-refractivity contribution in [2.45, 2.75) is 25.0 Å². The van der Waals surface area contributed by atoms with E-state index >= 15 is 0 Å². The van der Waals surface area contributed by atoms with Crippen molar-refractivity contribution in [3.05, 3.63) is 22.7 Å². The zero-order chi connectivity index (χ0) is 15.0. The predicted octanol–water partition coefficient (Wildman–Crippen LogP) is 3.20. The normalized spacial score (nSPS) is 36.0. The van der Waals surface area contributed by atoms with Gasteiger partial charge in [-0.3, -0.25) is 0 Å². The summed E-state index contributed by atoms with van der Waals surface area (Å²) in [6.07, 6.45) is 3.07. The van der Waals surface area contributed by atoms with Crippen LogP contribution in [-0.4, -0.2) is 35.4 Å². The second-order valence-corrected chi connectivity index (χ2v) is 8.02. The van der Waals surface area contributed by atoms with E-state index in [2.05, 4.69) is 50.6 Å². The Kier molecular flexibility index (Phi) is 2.72. The number of nitrogens with zero attached hydrogens (tertiary/aromatic N) is 3. The SMILES string of the molecule is COC1C2CC3CN(c4nc5cc(Br)ccc5n4C)C1C3C2. The molecule has 3 aliphatic rings. The Morgan fingerprint density at radius 2 is 2.14 bits per heavy atom. The van der Waals surface area contributed by atoms with E-state index < -0.39 is 0 Å². The number of aryl methyl sites for hydroxylation is 1. The number of benzene rings is 1. The smallest absolute Gasteiger partial charge is 0.206 e. The van der Waals surface area contributed by atoms with Crippen LogP contribution < -0.4 is 4.90 Å². The van der Waals surface area contributed by atoms with E-state index in [4.69, 9.17) is 9.72 Å². The lowest BCUT2D eigenvalue weighted by Gasteiger charge is -2.31. The molecule has 2 heterocycles. The molecule has 1 aliphatic heterocycles. The first kappa shape index (κ1) is 13.4. The highest BCUT2D eigenvalue weighted by Gasteiger charge is 2.60. The van der Waals surface area contributed by atoms with E-state index in [-0.39, 0.29) is 0 Å². The maximum Gasteiger partial charge on any atom is 0.206 e. The lowest BCUT2D eigenvalue weighted by Crippen LogP contribution is -2.42. The number of aromatic nitrogens is 2. The van der Waals surface area contributed by atoms with Crippen LogP contribution in [0.5, 0.6) is 0 Å². The summed E-state index contributed by atoms with van der Waals surface area (Å²) in [4.78, 5) is 7.47. The van der Waals surface area contributed by atoms with Crippen LogP contribution in [0, 0.1) is 17.8 Å². The first-order chi connectivity index (χ1) is 10.7. The molecule has 5 rings (SSSR count). The minimum Gasteiger partial charge on any atom is -0.379 e. The first-order valence-electron chi connectivity index (χ1n) is 8.09. The molecule has 2 saturated carbocycles. The van der Waals surface area contributed by atoms with Gasteiger partial charge in [-0.25, -0.2) is 4.98 Å². The molecule has 116 valence electrons. The molecule has 2 aliphatic carbocycles. The summed E-state index contributed by atoms with van der Waals surface area (Å²) in [5.41, 5.74) is 2.26. The Bertz CT molecular complexity index is 756. The summed E-state index contributed by atoms with van der Waals surface area (Å²) in [6, 6.07) is 6.86. The number of hydrogen-bond acceptors (Lipinski definition) is 3. The highest BCUT2D eigenvalue weighted by Crippen LogP contribution is 2.56. The number of rotatable bonds is 2. The number of methoxy groups -OCH3 is 1. The van der Waals surface area contributed by atoms with E-state index in [1.54, 1.807) is 0 Å². The summed E-state index contributed by atoms with van der Waals surface area (Å²) in [5, 5.41) is 0. The van der Waals surface area contributed by atoms with Gasteiger partial charge in [0.25, 0.3) is 0 Å². The molecule has 0 amide bonds. The van der Waals surface area contributed by atoms with Crippen LogP contribution in [0.4, 0.5) is 5.95 Å². The standard InChI is InChI=1S/C17H20BrN3O/c1-20-14-4-3-11(18)7-13(14)19-17(20)21-8-10-5-9-6-12(10)15(21)16(9)22-2/h3-4,7,9-10,12,15-16H,5-6,8H2,1-2H3. The van der Waals surface area contributed by atoms with Crippen molar-refractivity contribution in [1.82, 2.24) is 9.55 Å². The molecule has 5 unspecified atom stereocenters. The summed E-state index contributed by atoms with van der Waals surface area (Å²) < 4.78 is 9.20. The number of imidazole rings is 1. The first-order valence-corrected chi connectivity index (χ1v) is 8.88. The fourth-order valence-corrected chi connectivity index (χ4v) is 5.72. The van der Waals surface area contributed by atoms with Crippen LogP contribution >= 0.6 is 15.9 Å². The van der Waals surface area contributed by atoms with Crippen molar-refractivity contribution in [3.8, 4) is 0 Å². The molecule has 5 atom stereocenters. The van der Waals surface area contributed by atoms with E-state index in [1.807, 2.05) is 7.11 Å². The van der Waals surface area contributed by atoms with Gasteiger partial charge in [-0.2, -0.15) is 0 Å². The molecular formula is C17H20BrN3O. The molecule has 22 heavy (non-hydrogen) atoms. The van der Waals surface area contributed by atoms with Crippen LogP contribution in [0.2, 0.25) is 0 Å². The topological polar surface area (TPSA) is 30.3 Å². The number of halogens is 1. The molecule has 1 saturated heterocycles. The molecule has 0 radical (unpaired) electrons. The van der Waals surface area contributed by atoms with Gasteiger partial charge in [-0.15, -0.1) is 0 Å². The molecule has 4 nitrogen and oxygen atoms in total. The number of ether oxygens (including phenoxy) is 1. The predicted molar refractivity (Wildman–Crippen MR) is 90.0 cm³/mol. The van der Waals surface area contributed by atoms with Gasteiger partial charge >= 0.3 is 0 Å². The van der Waals surface area contributed by atoms with Gasteiger partial charge in [0.05, 0.1) is 23.2 Å². The molecule has 0 spiro atoms. The van der Waals surface area contributed by atoms with E-state index in [1.165, 1.54) is 18.4 Å². The average Bonchev–Trinajstić information content (AvgIpc) is 3.18. The second-order valence-electron chi connectivity index (χ2n) is 7.10. The third kappa shape index (κ3) is 1.59. The van der Waals surface area contributed by atoms with E-state index in [9.17, 15) is 0 Å². The van der Waals surface area contributed by atoms with E-state index in [0.717, 1.165) is 40.2 Å². The Morgan fingerprint density at radius 3 is 2.95 bits per heavy atom. The Labute approximate surface area is 138 Å². The monoisotopic (exact) mass is 361 g/mol. The fourth-order valence-electron chi connectivity index (χ4n) is 5.37. The molecule has 1 aromatic carbocycles. The van der Waals surface area contributed by atoms with Crippen LogP contribution in [0.3, 0.4) is 0 Å². The number of fused-ring (bicyclic) bond motifs is 2. The third-order valence-electron chi connectivity index (χ3n) is 6.17. The van der Waals surface area contributed by atoms with Crippen LogP contribution in [0.15, 0.2) is 22.7 Å². The van der Waals surface area contributed by atoms with Gasteiger partial charge in [0, 0.05) is 25.2 Å². The van der Waals surface area contributed by atoms with Crippen LogP contribution in [0.1, 0.15) is 12.8 Å². The van der Waals surface area contributed by atoms with E-state index in [0.29, 0.717) is 12.1 Å². The lowest BCUT2D eigenvalue weighted by atomic mass is 9.88. The maximum absolute atomic E-state index is 5.87. The Balaban J connectivity index is 1.62. The molecule has 3 fully saturated rings. The third-order valence-corrected chi connectivity index (χ3v) is 6.66. The summed E-state index contributed by atoms with van der Waals surface area (Å²) >= 11 is 3.55. The number of hydrogen-bond donors (Lipinski definition) is 0. The van der Waals surface area contributed by atoms with Crippen molar-refractivity contribution in [3.63, 3.8) is 0 Å². The van der Waals surface area contributed by atoms with Gasteiger partial charge in [0.2, 0.25) is 5.95 Å². The molecule has 2 bridgehead atoms. The average molecular weight is 362 g/mol. The van der Waals surface area contributed by atoms with Gasteiger partial charge in [0.1, 0.15) is 0 Å². The zero-order valence-corrected chi connectivity index (χ0v) is 14.5. The molecule has 1 aromatic heterocycles. The van der Waals surface area contributed by atoms with Gasteiger partial charge in [-0.1, -0.05) is 15.9 Å². The summed E-state index contributed by atoms with van der Waals surface area (Å²) in [7, 11) is 4.01. The van der Waals surface area contributed by atoms with Crippen molar-refractivity contribution in [1.29, 1.82) is 0 Å². The Hall–Kier alpha value is -1.07. The highest BCUT2D eigenvalue weighted by molar-refractivity contribution is 9.10. The zero-order valence-electron chi connectivity index (χ0n) is 12.9. The Morgan fingerprint density at radius 1 is 1.27 bits per heavy atom. The van der Waals surface area contributed by atoms with Crippen LogP contribution in [0.25, 0.3) is 11.0 Å². The molecule has 2 aromatic rings. The summed E-state index contributed by atoms with van der Waals surface area (Å²) in [5.74, 6) is 3.52.